The van der Waals surface area contributed by atoms with Crippen molar-refractivity contribution < 1.29 is 32.5 Å². The van der Waals surface area contributed by atoms with Gasteiger partial charge in [-0.15, -0.1) is 0 Å². The summed E-state index contributed by atoms with van der Waals surface area (Å²) in [6.07, 6.45) is -4.64. The van der Waals surface area contributed by atoms with Crippen molar-refractivity contribution in [2.75, 3.05) is 6.79 Å². The molecule has 0 aromatic heterocycles. The van der Waals surface area contributed by atoms with Crippen molar-refractivity contribution in [3.8, 4) is 11.5 Å². The van der Waals surface area contributed by atoms with Crippen LogP contribution in [0.25, 0.3) is 0 Å². The SMILES string of the molecule is CC(C(=O)O)c1cc2c(cc1C(F)(F)F)OCO2. The average Bonchev–Trinajstić information content (AvgIpc) is 2.71. The molecule has 1 aromatic carbocycles. The molecule has 1 atom stereocenters. The summed E-state index contributed by atoms with van der Waals surface area (Å²) in [7, 11) is 0. The molecule has 2 rings (SSSR count). The Morgan fingerprint density at radius 1 is 1.33 bits per heavy atom. The molecule has 18 heavy (non-hydrogen) atoms. The first kappa shape index (κ1) is 12.5. The van der Waals surface area contributed by atoms with Gasteiger partial charge >= 0.3 is 12.1 Å². The minimum absolute atomic E-state index is 0.0244. The molecule has 4 nitrogen and oxygen atoms in total. The lowest BCUT2D eigenvalue weighted by Crippen LogP contribution is -2.15. The number of ether oxygens (including phenoxy) is 2. The van der Waals surface area contributed by atoms with E-state index in [2.05, 4.69) is 0 Å². The number of benzene rings is 1. The highest BCUT2D eigenvalue weighted by Gasteiger charge is 2.38. The molecule has 0 aliphatic carbocycles. The molecular formula is C11H9F3O4. The van der Waals surface area contributed by atoms with Crippen LogP contribution in [0.1, 0.15) is 24.0 Å². The van der Waals surface area contributed by atoms with Crippen LogP contribution in [0, 0.1) is 0 Å². The van der Waals surface area contributed by atoms with Gasteiger partial charge in [0.1, 0.15) is 0 Å². The predicted molar refractivity (Wildman–Crippen MR) is 53.6 cm³/mol. The van der Waals surface area contributed by atoms with Gasteiger partial charge in [-0.05, 0) is 24.6 Å². The number of aliphatic carboxylic acids is 1. The van der Waals surface area contributed by atoms with Crippen LogP contribution in [0.5, 0.6) is 11.5 Å². The lowest BCUT2D eigenvalue weighted by Gasteiger charge is -2.16. The Balaban J connectivity index is 2.59. The summed E-state index contributed by atoms with van der Waals surface area (Å²) >= 11 is 0. The molecule has 1 aliphatic heterocycles. The Morgan fingerprint density at radius 3 is 2.39 bits per heavy atom. The van der Waals surface area contributed by atoms with Crippen LogP contribution in [-0.2, 0) is 11.0 Å². The van der Waals surface area contributed by atoms with Crippen LogP contribution < -0.4 is 9.47 Å². The Morgan fingerprint density at radius 2 is 1.89 bits per heavy atom. The maximum absolute atomic E-state index is 12.9. The fraction of sp³-hybridized carbons (Fsp3) is 0.364. The Bertz CT molecular complexity index is 496. The monoisotopic (exact) mass is 262 g/mol. The summed E-state index contributed by atoms with van der Waals surface area (Å²) < 4.78 is 48.4. The second-order valence-electron chi connectivity index (χ2n) is 3.85. The van der Waals surface area contributed by atoms with Gasteiger partial charge < -0.3 is 14.6 Å². The summed E-state index contributed by atoms with van der Waals surface area (Å²) in [5.74, 6) is -2.51. The Hall–Kier alpha value is -1.92. The van der Waals surface area contributed by atoms with Gasteiger partial charge in [0.25, 0.3) is 0 Å². The largest absolute Gasteiger partial charge is 0.481 e. The van der Waals surface area contributed by atoms with E-state index in [1.54, 1.807) is 0 Å². The molecule has 0 bridgehead atoms. The second kappa shape index (κ2) is 4.08. The van der Waals surface area contributed by atoms with E-state index in [0.717, 1.165) is 12.1 Å². The zero-order valence-electron chi connectivity index (χ0n) is 9.25. The lowest BCUT2D eigenvalue weighted by atomic mass is 9.94. The van der Waals surface area contributed by atoms with Crippen LogP contribution in [0.15, 0.2) is 12.1 Å². The van der Waals surface area contributed by atoms with Gasteiger partial charge in [-0.2, -0.15) is 13.2 Å². The van der Waals surface area contributed by atoms with Crippen molar-refractivity contribution >= 4 is 5.97 Å². The minimum Gasteiger partial charge on any atom is -0.481 e. The Kier molecular flexibility index (Phi) is 2.84. The minimum atomic E-state index is -4.64. The van der Waals surface area contributed by atoms with Gasteiger partial charge in [0.2, 0.25) is 6.79 Å². The summed E-state index contributed by atoms with van der Waals surface area (Å²) in [5, 5.41) is 8.83. The van der Waals surface area contributed by atoms with E-state index in [9.17, 15) is 18.0 Å². The number of carboxylic acid groups (broad SMARTS) is 1. The van der Waals surface area contributed by atoms with Gasteiger partial charge in [-0.3, -0.25) is 4.79 Å². The predicted octanol–water partition coefficient (Wildman–Crippen LogP) is 2.62. The molecular weight excluding hydrogens is 253 g/mol. The molecule has 98 valence electrons. The van der Waals surface area contributed by atoms with Crippen molar-refractivity contribution in [3.63, 3.8) is 0 Å². The molecule has 0 amide bonds. The zero-order valence-corrected chi connectivity index (χ0v) is 9.25. The smallest absolute Gasteiger partial charge is 0.416 e. The molecule has 0 fully saturated rings. The van der Waals surface area contributed by atoms with E-state index >= 15 is 0 Å². The fourth-order valence-electron chi connectivity index (χ4n) is 1.69. The number of fused-ring (bicyclic) bond motifs is 1. The molecule has 1 heterocycles. The number of rotatable bonds is 2. The highest BCUT2D eigenvalue weighted by atomic mass is 19.4. The van der Waals surface area contributed by atoms with Crippen LogP contribution in [0.2, 0.25) is 0 Å². The first-order valence-electron chi connectivity index (χ1n) is 5.04. The molecule has 0 saturated heterocycles. The van der Waals surface area contributed by atoms with Gasteiger partial charge in [-0.1, -0.05) is 0 Å². The van der Waals surface area contributed by atoms with E-state index in [1.807, 2.05) is 0 Å². The van der Waals surface area contributed by atoms with E-state index in [0.29, 0.717) is 0 Å². The molecule has 0 spiro atoms. The summed E-state index contributed by atoms with van der Waals surface area (Å²) in [5.41, 5.74) is -1.35. The number of carboxylic acids is 1. The van der Waals surface area contributed by atoms with Gasteiger partial charge in [-0.25, -0.2) is 0 Å². The standard InChI is InChI=1S/C11H9F3O4/c1-5(10(15)16)6-2-8-9(18-4-17-8)3-7(6)11(12,13)14/h2-3,5H,4H2,1H3,(H,15,16). The molecule has 7 heteroatoms. The number of alkyl halides is 3. The van der Waals surface area contributed by atoms with E-state index in [-0.39, 0.29) is 23.9 Å². The maximum atomic E-state index is 12.9. The van der Waals surface area contributed by atoms with Crippen LogP contribution in [0.4, 0.5) is 13.2 Å². The second-order valence-corrected chi connectivity index (χ2v) is 3.85. The van der Waals surface area contributed by atoms with Crippen molar-refractivity contribution in [2.45, 2.75) is 19.0 Å². The highest BCUT2D eigenvalue weighted by molar-refractivity contribution is 5.77. The number of halogens is 3. The number of hydrogen-bond acceptors (Lipinski definition) is 3. The van der Waals surface area contributed by atoms with Crippen molar-refractivity contribution in [3.05, 3.63) is 23.3 Å². The third-order valence-electron chi connectivity index (χ3n) is 2.69. The lowest BCUT2D eigenvalue weighted by molar-refractivity contribution is -0.141. The number of carbonyl (C=O) groups is 1. The van der Waals surface area contributed by atoms with Gasteiger partial charge in [0, 0.05) is 0 Å². The van der Waals surface area contributed by atoms with Crippen LogP contribution in [0.3, 0.4) is 0 Å². The van der Waals surface area contributed by atoms with Crippen LogP contribution in [-0.4, -0.2) is 17.9 Å². The zero-order chi connectivity index (χ0) is 13.5. The van der Waals surface area contributed by atoms with Crippen LogP contribution >= 0.6 is 0 Å². The number of hydrogen-bond donors (Lipinski definition) is 1. The first-order chi connectivity index (χ1) is 8.30. The third-order valence-corrected chi connectivity index (χ3v) is 2.69. The van der Waals surface area contributed by atoms with Gasteiger partial charge in [0.05, 0.1) is 11.5 Å². The third kappa shape index (κ3) is 2.07. The summed E-state index contributed by atoms with van der Waals surface area (Å²) in [4.78, 5) is 10.8. The normalized spacial score (nSPS) is 15.6. The highest BCUT2D eigenvalue weighted by Crippen LogP contribution is 2.43. The van der Waals surface area contributed by atoms with E-state index in [4.69, 9.17) is 14.6 Å². The Labute approximate surface area is 99.9 Å². The first-order valence-corrected chi connectivity index (χ1v) is 5.04. The molecule has 0 saturated carbocycles. The molecule has 0 radical (unpaired) electrons. The molecule has 1 N–H and O–H groups in total. The van der Waals surface area contributed by atoms with Crippen molar-refractivity contribution in [1.29, 1.82) is 0 Å². The topological polar surface area (TPSA) is 55.8 Å². The molecule has 1 aromatic rings. The van der Waals surface area contributed by atoms with Gasteiger partial charge in [0.15, 0.2) is 11.5 Å². The van der Waals surface area contributed by atoms with Crippen molar-refractivity contribution in [2.24, 2.45) is 0 Å². The fourth-order valence-corrected chi connectivity index (χ4v) is 1.69. The average molecular weight is 262 g/mol. The summed E-state index contributed by atoms with van der Waals surface area (Å²) in [6, 6.07) is 1.85. The maximum Gasteiger partial charge on any atom is 0.416 e. The quantitative estimate of drug-likeness (QED) is 0.890. The molecule has 1 unspecified atom stereocenters. The summed E-state index contributed by atoms with van der Waals surface area (Å²) in [6.45, 7) is 1.02. The van der Waals surface area contributed by atoms with Crippen molar-refractivity contribution in [1.82, 2.24) is 0 Å². The van der Waals surface area contributed by atoms with E-state index in [1.165, 1.54) is 6.92 Å². The molecule has 1 aliphatic rings. The van der Waals surface area contributed by atoms with E-state index < -0.39 is 23.6 Å².